The number of allylic oxidation sites excluding steroid dienone is 2. The molecule has 0 fully saturated rings. The first-order valence-electron chi connectivity index (χ1n) is 11.9. The van der Waals surface area contributed by atoms with Crippen LogP contribution in [0.4, 0.5) is 28.4 Å². The van der Waals surface area contributed by atoms with Gasteiger partial charge in [0.05, 0.1) is 11.7 Å². The highest BCUT2D eigenvalue weighted by atomic mass is 32.2. The summed E-state index contributed by atoms with van der Waals surface area (Å²) >= 11 is 1.95. The van der Waals surface area contributed by atoms with Crippen LogP contribution >= 0.6 is 11.8 Å². The predicted molar refractivity (Wildman–Crippen MR) is 146 cm³/mol. The highest BCUT2D eigenvalue weighted by Gasteiger charge is 2.46. The van der Waals surface area contributed by atoms with E-state index in [1.165, 1.54) is 54.6 Å². The lowest BCUT2D eigenvalue weighted by atomic mass is 9.33. The number of anilines is 5. The van der Waals surface area contributed by atoms with Gasteiger partial charge in [0, 0.05) is 32.6 Å². The molecule has 0 N–H and O–H groups in total. The number of para-hydroxylation sites is 3. The third-order valence-corrected chi connectivity index (χ3v) is 8.75. The van der Waals surface area contributed by atoms with E-state index in [-0.39, 0.29) is 6.71 Å². The molecular weight excluding hydrogens is 431 g/mol. The van der Waals surface area contributed by atoms with E-state index >= 15 is 0 Å². The number of hydrogen-bond donors (Lipinski definition) is 0. The number of rotatable bonds is 1. The molecule has 1 unspecified atom stereocenters. The van der Waals surface area contributed by atoms with E-state index in [0.717, 1.165) is 6.42 Å². The molecule has 3 aliphatic heterocycles. The van der Waals surface area contributed by atoms with E-state index in [1.807, 2.05) is 11.8 Å². The lowest BCUT2D eigenvalue weighted by molar-refractivity contribution is 0.763. The molecule has 0 amide bonds. The van der Waals surface area contributed by atoms with Gasteiger partial charge in [-0.05, 0) is 59.2 Å². The second-order valence-electron chi connectivity index (χ2n) is 9.29. The summed E-state index contributed by atoms with van der Waals surface area (Å²) in [7, 11) is 0. The normalized spacial score (nSPS) is 18.5. The first-order valence-corrected chi connectivity index (χ1v) is 12.8. The van der Waals surface area contributed by atoms with Crippen LogP contribution in [0.15, 0.2) is 119 Å². The molecule has 0 bridgehead atoms. The van der Waals surface area contributed by atoms with Gasteiger partial charge in [-0.1, -0.05) is 84.6 Å². The first kappa shape index (κ1) is 18.8. The van der Waals surface area contributed by atoms with Crippen LogP contribution in [0.1, 0.15) is 6.42 Å². The third-order valence-electron chi connectivity index (χ3n) is 7.56. The van der Waals surface area contributed by atoms with Crippen molar-refractivity contribution >= 4 is 63.3 Å². The molecule has 160 valence electrons. The van der Waals surface area contributed by atoms with E-state index in [1.54, 1.807) is 0 Å². The second-order valence-corrected chi connectivity index (χ2v) is 10.4. The monoisotopic (exact) mass is 452 g/mol. The van der Waals surface area contributed by atoms with Crippen molar-refractivity contribution in [3.8, 4) is 0 Å². The van der Waals surface area contributed by atoms with Gasteiger partial charge in [-0.2, -0.15) is 0 Å². The Balaban J connectivity index is 1.47. The fourth-order valence-corrected chi connectivity index (χ4v) is 7.45. The van der Waals surface area contributed by atoms with Crippen LogP contribution in [0.2, 0.25) is 0 Å². The number of benzene rings is 4. The molecule has 0 aromatic heterocycles. The summed E-state index contributed by atoms with van der Waals surface area (Å²) in [5.41, 5.74) is 10.8. The van der Waals surface area contributed by atoms with Crippen molar-refractivity contribution < 1.29 is 0 Å². The Kier molecular flexibility index (Phi) is 3.83. The molecule has 34 heavy (non-hydrogen) atoms. The fourth-order valence-electron chi connectivity index (χ4n) is 6.26. The van der Waals surface area contributed by atoms with E-state index in [4.69, 9.17) is 0 Å². The zero-order valence-corrected chi connectivity index (χ0v) is 19.4. The van der Waals surface area contributed by atoms with E-state index in [2.05, 4.69) is 119 Å². The molecule has 0 saturated heterocycles. The molecule has 0 saturated carbocycles. The standard InChI is InChI=1S/C30H21BN2S/c1-2-10-20(11-3-1)32-23-14-5-4-12-21(23)31-22-13-8-19-28-30(22)33(24-15-6-7-18-27(24)34-28)26-17-9-16-25(32)29(26)31/h1-14,16-19,24H,15H2. The van der Waals surface area contributed by atoms with E-state index in [9.17, 15) is 0 Å². The molecule has 1 aliphatic carbocycles. The van der Waals surface area contributed by atoms with Gasteiger partial charge in [0.2, 0.25) is 0 Å². The Labute approximate surface area is 204 Å². The van der Waals surface area contributed by atoms with Crippen LogP contribution in [0, 0.1) is 0 Å². The van der Waals surface area contributed by atoms with Crippen LogP contribution in [-0.4, -0.2) is 12.8 Å². The molecule has 4 aliphatic rings. The highest BCUT2D eigenvalue weighted by Crippen LogP contribution is 2.51. The van der Waals surface area contributed by atoms with Crippen LogP contribution in [0.5, 0.6) is 0 Å². The summed E-state index contributed by atoms with van der Waals surface area (Å²) in [5, 5.41) is 0. The quantitative estimate of drug-likeness (QED) is 0.299. The highest BCUT2D eigenvalue weighted by molar-refractivity contribution is 8.03. The molecule has 0 spiro atoms. The first-order chi connectivity index (χ1) is 16.9. The van der Waals surface area contributed by atoms with Gasteiger partial charge in [-0.25, -0.2) is 0 Å². The van der Waals surface area contributed by atoms with Crippen molar-refractivity contribution in [2.75, 3.05) is 9.80 Å². The minimum Gasteiger partial charge on any atom is -0.333 e. The summed E-state index contributed by atoms with van der Waals surface area (Å²) in [5.74, 6) is 0. The third kappa shape index (κ3) is 2.39. The van der Waals surface area contributed by atoms with Crippen molar-refractivity contribution in [2.45, 2.75) is 17.4 Å². The maximum Gasteiger partial charge on any atom is 0.252 e. The molecule has 3 heterocycles. The molecule has 4 aromatic rings. The molecule has 4 aromatic carbocycles. The zero-order valence-electron chi connectivity index (χ0n) is 18.6. The minimum atomic E-state index is 0.235. The van der Waals surface area contributed by atoms with Crippen molar-refractivity contribution in [2.24, 2.45) is 0 Å². The number of hydrogen-bond acceptors (Lipinski definition) is 3. The lowest BCUT2D eigenvalue weighted by Crippen LogP contribution is -2.63. The van der Waals surface area contributed by atoms with E-state index in [0.29, 0.717) is 6.04 Å². The Bertz CT molecular complexity index is 1540. The predicted octanol–water partition coefficient (Wildman–Crippen LogP) is 5.76. The van der Waals surface area contributed by atoms with Crippen molar-refractivity contribution in [3.05, 3.63) is 114 Å². The fraction of sp³-hybridized carbons (Fsp3) is 0.0667. The van der Waals surface area contributed by atoms with Gasteiger partial charge in [-0.3, -0.25) is 0 Å². The zero-order chi connectivity index (χ0) is 22.2. The number of fused-ring (bicyclic) bond motifs is 6. The lowest BCUT2D eigenvalue weighted by Gasteiger charge is -2.49. The SMILES string of the molecule is C1=CCC2C(=C1)Sc1cccc3c1N2c1cccc2c1B3c1ccccc1N2c1ccccc1. The molecule has 8 rings (SSSR count). The number of nitrogens with zero attached hydrogens (tertiary/aromatic N) is 2. The Morgan fingerprint density at radius 1 is 0.735 bits per heavy atom. The maximum atomic E-state index is 2.64. The molecule has 2 nitrogen and oxygen atoms in total. The Morgan fingerprint density at radius 2 is 1.50 bits per heavy atom. The average Bonchev–Trinajstić information content (AvgIpc) is 2.90. The minimum absolute atomic E-state index is 0.235. The van der Waals surface area contributed by atoms with Crippen LogP contribution in [0.25, 0.3) is 0 Å². The second kappa shape index (κ2) is 6.94. The molecule has 4 heteroatoms. The van der Waals surface area contributed by atoms with Crippen LogP contribution < -0.4 is 26.2 Å². The van der Waals surface area contributed by atoms with Gasteiger partial charge >= 0.3 is 0 Å². The largest absolute Gasteiger partial charge is 0.333 e. The summed E-state index contributed by atoms with van der Waals surface area (Å²) in [6.45, 7) is 0.235. The summed E-state index contributed by atoms with van der Waals surface area (Å²) in [4.78, 5) is 7.91. The Hall–Kier alpha value is -3.63. The molecule has 1 atom stereocenters. The van der Waals surface area contributed by atoms with Crippen LogP contribution in [0.3, 0.4) is 0 Å². The van der Waals surface area contributed by atoms with Gasteiger partial charge in [0.1, 0.15) is 0 Å². The van der Waals surface area contributed by atoms with Crippen molar-refractivity contribution in [1.82, 2.24) is 0 Å². The number of thioether (sulfide) groups is 1. The van der Waals surface area contributed by atoms with Gasteiger partial charge in [0.15, 0.2) is 0 Å². The maximum absolute atomic E-state index is 2.64. The van der Waals surface area contributed by atoms with Gasteiger partial charge in [0.25, 0.3) is 6.71 Å². The topological polar surface area (TPSA) is 6.48 Å². The average molecular weight is 452 g/mol. The smallest absolute Gasteiger partial charge is 0.252 e. The molecule has 0 radical (unpaired) electrons. The van der Waals surface area contributed by atoms with Gasteiger partial charge < -0.3 is 9.80 Å². The van der Waals surface area contributed by atoms with Crippen molar-refractivity contribution in [3.63, 3.8) is 0 Å². The van der Waals surface area contributed by atoms with E-state index < -0.39 is 0 Å². The summed E-state index contributed by atoms with van der Waals surface area (Å²) in [6, 6.07) is 33.9. The van der Waals surface area contributed by atoms with Crippen LogP contribution in [-0.2, 0) is 0 Å². The van der Waals surface area contributed by atoms with Crippen molar-refractivity contribution in [1.29, 1.82) is 0 Å². The molecular formula is C30H21BN2S. The summed E-state index contributed by atoms with van der Waals surface area (Å²) in [6.07, 6.45) is 7.88. The Morgan fingerprint density at radius 3 is 2.44 bits per heavy atom. The van der Waals surface area contributed by atoms with Gasteiger partial charge in [-0.15, -0.1) is 0 Å². The summed E-state index contributed by atoms with van der Waals surface area (Å²) < 4.78 is 0.